The molecule has 1 aromatic heterocycles. The monoisotopic (exact) mass is 325 g/mol. The fourth-order valence-electron chi connectivity index (χ4n) is 1.57. The Morgan fingerprint density at radius 3 is 2.17 bits per heavy atom. The van der Waals surface area contributed by atoms with E-state index >= 15 is 0 Å². The zero-order valence-corrected chi connectivity index (χ0v) is 12.3. The molecule has 2 N–H and O–H groups in total. The van der Waals surface area contributed by atoms with Crippen molar-refractivity contribution >= 4 is 11.7 Å². The van der Waals surface area contributed by atoms with Gasteiger partial charge in [0.15, 0.2) is 5.82 Å². The van der Waals surface area contributed by atoms with Gasteiger partial charge >= 0.3 is 18.1 Å². The summed E-state index contributed by atoms with van der Waals surface area (Å²) in [6.45, 7) is -0.128. The Bertz CT molecular complexity index is 672. The highest BCUT2D eigenvalue weighted by Crippen LogP contribution is 2.17. The second kappa shape index (κ2) is 7.29. The molecule has 1 aromatic carbocycles. The molecule has 0 radical (unpaired) electrons. The van der Waals surface area contributed by atoms with Crippen LogP contribution < -0.4 is 20.1 Å². The minimum Gasteiger partial charge on any atom is -0.467 e. The number of carbonyl (C=O) groups is 1. The standard InChI is InChI=1S/C13H13F2N5O3/c1-22-12-17-9(18-13(20-12)23-2)6-16-11(21)19-10-7(14)4-3-5-8(10)15/h3-5H,6H2,1-2H3,(H2,16,19,21). The summed E-state index contributed by atoms with van der Waals surface area (Å²) in [6.07, 6.45) is 0. The predicted molar refractivity (Wildman–Crippen MR) is 75.1 cm³/mol. The minimum atomic E-state index is -0.886. The Kier molecular flexibility index (Phi) is 5.18. The number of halogens is 2. The lowest BCUT2D eigenvalue weighted by atomic mass is 10.3. The molecule has 0 saturated heterocycles. The van der Waals surface area contributed by atoms with Crippen molar-refractivity contribution < 1.29 is 23.0 Å². The van der Waals surface area contributed by atoms with Crippen LogP contribution in [-0.2, 0) is 6.54 Å². The van der Waals surface area contributed by atoms with E-state index in [9.17, 15) is 13.6 Å². The number of urea groups is 1. The van der Waals surface area contributed by atoms with Crippen LogP contribution in [0.25, 0.3) is 0 Å². The second-order valence-electron chi connectivity index (χ2n) is 4.13. The van der Waals surface area contributed by atoms with Crippen molar-refractivity contribution in [3.63, 3.8) is 0 Å². The molecule has 0 aliphatic carbocycles. The van der Waals surface area contributed by atoms with E-state index in [2.05, 4.69) is 25.6 Å². The van der Waals surface area contributed by atoms with E-state index in [4.69, 9.17) is 9.47 Å². The van der Waals surface area contributed by atoms with E-state index in [1.54, 1.807) is 0 Å². The summed E-state index contributed by atoms with van der Waals surface area (Å²) in [5, 5.41) is 4.43. The first-order valence-corrected chi connectivity index (χ1v) is 6.35. The topological polar surface area (TPSA) is 98.3 Å². The van der Waals surface area contributed by atoms with Gasteiger partial charge < -0.3 is 20.1 Å². The first-order chi connectivity index (χ1) is 11.0. The van der Waals surface area contributed by atoms with Gasteiger partial charge in [0.1, 0.15) is 17.3 Å². The third-order valence-corrected chi connectivity index (χ3v) is 2.61. The molecule has 0 bridgehead atoms. The van der Waals surface area contributed by atoms with Crippen LogP contribution in [0, 0.1) is 11.6 Å². The minimum absolute atomic E-state index is 0.00852. The van der Waals surface area contributed by atoms with Gasteiger partial charge in [-0.25, -0.2) is 13.6 Å². The molecule has 122 valence electrons. The average molecular weight is 325 g/mol. The molecule has 0 aliphatic rings. The maximum Gasteiger partial charge on any atom is 0.322 e. The van der Waals surface area contributed by atoms with Crippen molar-refractivity contribution in [2.24, 2.45) is 0 Å². The molecule has 0 aliphatic heterocycles. The number of aromatic nitrogens is 3. The van der Waals surface area contributed by atoms with E-state index in [-0.39, 0.29) is 24.4 Å². The number of hydrogen-bond acceptors (Lipinski definition) is 6. The number of ether oxygens (including phenoxy) is 2. The predicted octanol–water partition coefficient (Wildman–Crippen LogP) is 1.49. The quantitative estimate of drug-likeness (QED) is 0.864. The summed E-state index contributed by atoms with van der Waals surface area (Å²) in [4.78, 5) is 23.3. The zero-order chi connectivity index (χ0) is 16.8. The summed E-state index contributed by atoms with van der Waals surface area (Å²) < 4.78 is 36.6. The first-order valence-electron chi connectivity index (χ1n) is 6.35. The molecule has 1 heterocycles. The molecule has 10 heteroatoms. The number of carbonyl (C=O) groups excluding carboxylic acids is 1. The van der Waals surface area contributed by atoms with Crippen molar-refractivity contribution in [2.75, 3.05) is 19.5 Å². The van der Waals surface area contributed by atoms with E-state index < -0.39 is 23.4 Å². The van der Waals surface area contributed by atoms with Crippen molar-refractivity contribution in [1.82, 2.24) is 20.3 Å². The number of anilines is 1. The molecule has 0 saturated carbocycles. The number of amides is 2. The highest BCUT2D eigenvalue weighted by molar-refractivity contribution is 5.89. The van der Waals surface area contributed by atoms with Crippen molar-refractivity contribution in [2.45, 2.75) is 6.54 Å². The maximum atomic E-state index is 13.4. The molecular formula is C13H13F2N5O3. The SMILES string of the molecule is COc1nc(CNC(=O)Nc2c(F)cccc2F)nc(OC)n1. The molecule has 2 amide bonds. The smallest absolute Gasteiger partial charge is 0.322 e. The number of methoxy groups -OCH3 is 2. The number of nitrogens with zero attached hydrogens (tertiary/aromatic N) is 3. The summed E-state index contributed by atoms with van der Waals surface area (Å²) in [5.41, 5.74) is -0.546. The summed E-state index contributed by atoms with van der Waals surface area (Å²) in [5.74, 6) is -1.62. The number of hydrogen-bond donors (Lipinski definition) is 2. The third kappa shape index (κ3) is 4.22. The van der Waals surface area contributed by atoms with Gasteiger partial charge in [0.25, 0.3) is 0 Å². The van der Waals surface area contributed by atoms with E-state index in [1.807, 2.05) is 0 Å². The normalized spacial score (nSPS) is 10.1. The maximum absolute atomic E-state index is 13.4. The lowest BCUT2D eigenvalue weighted by molar-refractivity contribution is 0.251. The van der Waals surface area contributed by atoms with Gasteiger partial charge in [-0.05, 0) is 12.1 Å². The summed E-state index contributed by atoms with van der Waals surface area (Å²) in [7, 11) is 2.72. The Morgan fingerprint density at radius 1 is 1.09 bits per heavy atom. The van der Waals surface area contributed by atoms with Gasteiger partial charge in [-0.2, -0.15) is 9.97 Å². The molecule has 8 nitrogen and oxygen atoms in total. The fourth-order valence-corrected chi connectivity index (χ4v) is 1.57. The number of nitrogens with one attached hydrogen (secondary N) is 2. The van der Waals surface area contributed by atoms with Crippen LogP contribution in [0.2, 0.25) is 0 Å². The first kappa shape index (κ1) is 16.3. The zero-order valence-electron chi connectivity index (χ0n) is 12.3. The Balaban J connectivity index is 2.02. The third-order valence-electron chi connectivity index (χ3n) is 2.61. The Labute approximate surface area is 129 Å². The Morgan fingerprint density at radius 2 is 1.65 bits per heavy atom. The van der Waals surface area contributed by atoms with E-state index in [1.165, 1.54) is 20.3 Å². The van der Waals surface area contributed by atoms with Gasteiger partial charge in [-0.15, -0.1) is 4.98 Å². The molecule has 0 unspecified atom stereocenters. The van der Waals surface area contributed by atoms with Crippen LogP contribution in [0.4, 0.5) is 19.3 Å². The largest absolute Gasteiger partial charge is 0.467 e. The van der Waals surface area contributed by atoms with Gasteiger partial charge in [-0.1, -0.05) is 6.07 Å². The van der Waals surface area contributed by atoms with Crippen LogP contribution in [0.5, 0.6) is 12.0 Å². The number of para-hydroxylation sites is 1. The molecular weight excluding hydrogens is 312 g/mol. The Hall–Kier alpha value is -3.04. The lowest BCUT2D eigenvalue weighted by Crippen LogP contribution is -2.29. The average Bonchev–Trinajstić information content (AvgIpc) is 2.56. The van der Waals surface area contributed by atoms with Gasteiger partial charge in [0.05, 0.1) is 20.8 Å². The molecule has 0 fully saturated rings. The van der Waals surface area contributed by atoms with Gasteiger partial charge in [0, 0.05) is 0 Å². The van der Waals surface area contributed by atoms with Crippen LogP contribution in [0.15, 0.2) is 18.2 Å². The van der Waals surface area contributed by atoms with Crippen LogP contribution in [-0.4, -0.2) is 35.2 Å². The van der Waals surface area contributed by atoms with Gasteiger partial charge in [0.2, 0.25) is 0 Å². The molecule has 23 heavy (non-hydrogen) atoms. The van der Waals surface area contributed by atoms with Crippen molar-refractivity contribution in [1.29, 1.82) is 0 Å². The van der Waals surface area contributed by atoms with Crippen LogP contribution in [0.1, 0.15) is 5.82 Å². The van der Waals surface area contributed by atoms with Gasteiger partial charge in [-0.3, -0.25) is 0 Å². The van der Waals surface area contributed by atoms with E-state index in [0.29, 0.717) is 0 Å². The highest BCUT2D eigenvalue weighted by atomic mass is 19.1. The fraction of sp³-hybridized carbons (Fsp3) is 0.231. The number of rotatable bonds is 5. The lowest BCUT2D eigenvalue weighted by Gasteiger charge is -2.09. The highest BCUT2D eigenvalue weighted by Gasteiger charge is 2.13. The summed E-state index contributed by atoms with van der Waals surface area (Å²) >= 11 is 0. The summed E-state index contributed by atoms with van der Waals surface area (Å²) in [6, 6.07) is 2.44. The molecule has 2 rings (SSSR count). The second-order valence-corrected chi connectivity index (χ2v) is 4.13. The molecule has 0 spiro atoms. The van der Waals surface area contributed by atoms with Crippen LogP contribution >= 0.6 is 0 Å². The van der Waals surface area contributed by atoms with Crippen LogP contribution in [0.3, 0.4) is 0 Å². The molecule has 2 aromatic rings. The number of benzene rings is 1. The van der Waals surface area contributed by atoms with E-state index in [0.717, 1.165) is 12.1 Å². The van der Waals surface area contributed by atoms with Crippen molar-refractivity contribution in [3.8, 4) is 12.0 Å². The molecule has 0 atom stereocenters. The van der Waals surface area contributed by atoms with Crippen molar-refractivity contribution in [3.05, 3.63) is 35.7 Å².